The van der Waals surface area contributed by atoms with Gasteiger partial charge in [-0.25, -0.2) is 0 Å². The van der Waals surface area contributed by atoms with Crippen LogP contribution in [0.3, 0.4) is 0 Å². The molecule has 0 aliphatic rings. The molecule has 0 amide bonds. The highest BCUT2D eigenvalue weighted by molar-refractivity contribution is 7.79. The summed E-state index contributed by atoms with van der Waals surface area (Å²) in [7, 11) is 0. The molecule has 0 fully saturated rings. The molecule has 1 aromatic heterocycles. The minimum Gasteiger partial charge on any atom is -0.379 e. The highest BCUT2D eigenvalue weighted by Gasteiger charge is 2.39. The standard InChI is InChI=1S/C12H9F3N2O3S/c1-11(18,5-21)10-3-6-2-9(17(19)20)7(12(13,14)15)4-8(6)16-10/h2-5,16,18H,1H3. The van der Waals surface area contributed by atoms with Crippen LogP contribution in [0.4, 0.5) is 18.9 Å². The Morgan fingerprint density at radius 2 is 2.00 bits per heavy atom. The molecule has 0 aliphatic carbocycles. The van der Waals surface area contributed by atoms with E-state index < -0.39 is 28.0 Å². The zero-order chi connectivity index (χ0) is 16.0. The van der Waals surface area contributed by atoms with E-state index >= 15 is 0 Å². The molecule has 1 heterocycles. The van der Waals surface area contributed by atoms with Gasteiger partial charge in [0.05, 0.1) is 10.6 Å². The van der Waals surface area contributed by atoms with Crippen molar-refractivity contribution in [1.29, 1.82) is 0 Å². The Bertz CT molecular complexity index is 737. The van der Waals surface area contributed by atoms with Gasteiger partial charge in [0.2, 0.25) is 0 Å². The van der Waals surface area contributed by atoms with Crippen molar-refractivity contribution in [3.8, 4) is 0 Å². The molecular formula is C12H9F3N2O3S. The Labute approximate surface area is 121 Å². The number of halogens is 3. The predicted molar refractivity (Wildman–Crippen MR) is 73.2 cm³/mol. The van der Waals surface area contributed by atoms with Gasteiger partial charge >= 0.3 is 6.18 Å². The molecule has 112 valence electrons. The molecule has 1 atom stereocenters. The molecule has 1 aromatic carbocycles. The van der Waals surface area contributed by atoms with Gasteiger partial charge in [0.15, 0.2) is 0 Å². The van der Waals surface area contributed by atoms with Crippen LogP contribution in [0.1, 0.15) is 18.2 Å². The number of nitrogens with one attached hydrogen (secondary N) is 1. The number of thiocarbonyl (C=S) groups is 1. The van der Waals surface area contributed by atoms with Crippen LogP contribution in [-0.2, 0) is 11.8 Å². The van der Waals surface area contributed by atoms with E-state index in [1.54, 1.807) is 0 Å². The molecule has 0 saturated carbocycles. The largest absolute Gasteiger partial charge is 0.423 e. The minimum absolute atomic E-state index is 0.0278. The highest BCUT2D eigenvalue weighted by Crippen LogP contribution is 2.39. The number of aliphatic hydroxyl groups is 1. The summed E-state index contributed by atoms with van der Waals surface area (Å²) in [6, 6.07) is 2.79. The van der Waals surface area contributed by atoms with Crippen molar-refractivity contribution in [1.82, 2.24) is 4.98 Å². The normalized spacial score (nSPS) is 14.9. The zero-order valence-electron chi connectivity index (χ0n) is 10.6. The number of rotatable bonds is 3. The first-order chi connectivity index (χ1) is 9.56. The van der Waals surface area contributed by atoms with Crippen LogP contribution < -0.4 is 0 Å². The molecule has 5 nitrogen and oxygen atoms in total. The van der Waals surface area contributed by atoms with Crippen molar-refractivity contribution in [3.05, 3.63) is 39.6 Å². The first-order valence-corrected chi connectivity index (χ1v) is 6.11. The lowest BCUT2D eigenvalue weighted by molar-refractivity contribution is -0.387. The van der Waals surface area contributed by atoms with Gasteiger partial charge < -0.3 is 10.1 Å². The van der Waals surface area contributed by atoms with E-state index in [-0.39, 0.29) is 16.6 Å². The maximum atomic E-state index is 12.9. The first-order valence-electron chi connectivity index (χ1n) is 5.64. The van der Waals surface area contributed by atoms with E-state index in [0.717, 1.165) is 11.4 Å². The molecule has 0 spiro atoms. The second-order valence-electron chi connectivity index (χ2n) is 4.66. The lowest BCUT2D eigenvalue weighted by atomic mass is 10.1. The van der Waals surface area contributed by atoms with Crippen LogP contribution in [0.2, 0.25) is 0 Å². The molecule has 0 radical (unpaired) electrons. The average Bonchev–Trinajstić information content (AvgIpc) is 2.79. The smallest absolute Gasteiger partial charge is 0.379 e. The molecule has 9 heteroatoms. The van der Waals surface area contributed by atoms with Crippen LogP contribution in [0.5, 0.6) is 0 Å². The van der Waals surface area contributed by atoms with Crippen molar-refractivity contribution in [2.75, 3.05) is 0 Å². The number of hydrogen-bond acceptors (Lipinski definition) is 4. The van der Waals surface area contributed by atoms with Gasteiger partial charge in [0.25, 0.3) is 5.69 Å². The molecule has 0 bridgehead atoms. The highest BCUT2D eigenvalue weighted by atomic mass is 32.1. The maximum Gasteiger partial charge on any atom is 0.423 e. The number of nitro benzene ring substituents is 1. The molecule has 0 aliphatic heterocycles. The minimum atomic E-state index is -4.85. The lowest BCUT2D eigenvalue weighted by Gasteiger charge is -2.14. The van der Waals surface area contributed by atoms with Gasteiger partial charge in [0.1, 0.15) is 11.2 Å². The second-order valence-corrected chi connectivity index (χ2v) is 4.90. The molecule has 2 rings (SSSR count). The number of alkyl halides is 3. The van der Waals surface area contributed by atoms with Crippen molar-refractivity contribution >= 4 is 34.2 Å². The van der Waals surface area contributed by atoms with Crippen LogP contribution in [0, 0.1) is 10.1 Å². The fourth-order valence-corrected chi connectivity index (χ4v) is 2.01. The molecule has 0 saturated heterocycles. The zero-order valence-corrected chi connectivity index (χ0v) is 11.4. The Morgan fingerprint density at radius 3 is 2.48 bits per heavy atom. The summed E-state index contributed by atoms with van der Waals surface area (Å²) in [5, 5.41) is 22.0. The van der Waals surface area contributed by atoms with Gasteiger partial charge in [-0.1, -0.05) is 12.2 Å². The van der Waals surface area contributed by atoms with Crippen LogP contribution in [0.15, 0.2) is 18.2 Å². The third-order valence-electron chi connectivity index (χ3n) is 3.01. The van der Waals surface area contributed by atoms with Crippen molar-refractivity contribution < 1.29 is 23.2 Å². The quantitative estimate of drug-likeness (QED) is 0.517. The van der Waals surface area contributed by atoms with Crippen molar-refractivity contribution in [3.63, 3.8) is 0 Å². The summed E-state index contributed by atoms with van der Waals surface area (Å²) < 4.78 is 38.6. The Balaban J connectivity index is 2.74. The van der Waals surface area contributed by atoms with E-state index in [1.807, 2.05) is 0 Å². The Hall–Kier alpha value is -2.00. The summed E-state index contributed by atoms with van der Waals surface area (Å²) in [5.41, 5.74) is -3.76. The molecule has 2 N–H and O–H groups in total. The molecule has 2 aromatic rings. The summed E-state index contributed by atoms with van der Waals surface area (Å²) in [6.45, 7) is 1.35. The predicted octanol–water partition coefficient (Wildman–Crippen LogP) is 3.30. The number of aromatic amines is 1. The van der Waals surface area contributed by atoms with Gasteiger partial charge in [0, 0.05) is 22.3 Å². The second kappa shape index (κ2) is 4.78. The summed E-state index contributed by atoms with van der Waals surface area (Å²) in [5.74, 6) is 0. The van der Waals surface area contributed by atoms with E-state index in [9.17, 15) is 28.4 Å². The van der Waals surface area contributed by atoms with Gasteiger partial charge in [-0.15, -0.1) is 0 Å². The number of nitro groups is 1. The van der Waals surface area contributed by atoms with Crippen molar-refractivity contribution in [2.24, 2.45) is 0 Å². The fraction of sp³-hybridized carbons (Fsp3) is 0.250. The number of fused-ring (bicyclic) bond motifs is 1. The SMILES string of the molecule is CC(O)(C=S)c1cc2cc([N+](=O)[O-])c(C(F)(F)F)cc2[nH]1. The van der Waals surface area contributed by atoms with Gasteiger partial charge in [-0.3, -0.25) is 10.1 Å². The molecule has 21 heavy (non-hydrogen) atoms. The van der Waals surface area contributed by atoms with E-state index in [0.29, 0.717) is 6.07 Å². The van der Waals surface area contributed by atoms with Gasteiger partial charge in [-0.2, -0.15) is 13.2 Å². The maximum absolute atomic E-state index is 12.9. The van der Waals surface area contributed by atoms with Crippen LogP contribution >= 0.6 is 12.2 Å². The van der Waals surface area contributed by atoms with Crippen LogP contribution in [0.25, 0.3) is 10.9 Å². The Morgan fingerprint density at radius 1 is 1.38 bits per heavy atom. The summed E-state index contributed by atoms with van der Waals surface area (Å²) in [6.07, 6.45) is -4.85. The number of nitrogens with zero attached hydrogens (tertiary/aromatic N) is 1. The Kier molecular flexibility index (Phi) is 3.50. The van der Waals surface area contributed by atoms with E-state index in [4.69, 9.17) is 0 Å². The third kappa shape index (κ3) is 2.74. The average molecular weight is 318 g/mol. The van der Waals surface area contributed by atoms with Crippen LogP contribution in [-0.4, -0.2) is 20.4 Å². The third-order valence-corrected chi connectivity index (χ3v) is 3.47. The van der Waals surface area contributed by atoms with Gasteiger partial charge in [-0.05, 0) is 19.1 Å². The molecule has 1 unspecified atom stereocenters. The fourth-order valence-electron chi connectivity index (χ4n) is 1.88. The number of H-pyrrole nitrogens is 1. The van der Waals surface area contributed by atoms with E-state index in [2.05, 4.69) is 17.2 Å². The van der Waals surface area contributed by atoms with E-state index in [1.165, 1.54) is 13.0 Å². The van der Waals surface area contributed by atoms with Crippen molar-refractivity contribution in [2.45, 2.75) is 18.7 Å². The number of hydrogen-bond donors (Lipinski definition) is 2. The number of benzene rings is 1. The summed E-state index contributed by atoms with van der Waals surface area (Å²) >= 11 is 4.64. The lowest BCUT2D eigenvalue weighted by Crippen LogP contribution is -2.21. The number of aromatic nitrogens is 1. The first kappa shape index (κ1) is 15.4. The summed E-state index contributed by atoms with van der Waals surface area (Å²) in [4.78, 5) is 12.3. The molecular weight excluding hydrogens is 309 g/mol. The topological polar surface area (TPSA) is 79.2 Å². The monoisotopic (exact) mass is 318 g/mol.